The van der Waals surface area contributed by atoms with E-state index in [1.54, 1.807) is 0 Å². The normalized spacial score (nSPS) is 15.5. The topological polar surface area (TPSA) is 41.6 Å². The van der Waals surface area contributed by atoms with E-state index in [4.69, 9.17) is 27.9 Å². The Bertz CT molecular complexity index is 790. The maximum Gasteiger partial charge on any atom is 0.227 e. The van der Waals surface area contributed by atoms with E-state index in [9.17, 15) is 4.79 Å². The summed E-state index contributed by atoms with van der Waals surface area (Å²) in [5, 5.41) is 4.18. The number of para-hydroxylation sites is 2. The molecule has 0 bridgehead atoms. The van der Waals surface area contributed by atoms with Gasteiger partial charge < -0.3 is 10.1 Å². The van der Waals surface area contributed by atoms with Crippen molar-refractivity contribution >= 4 is 34.8 Å². The molecule has 6 heteroatoms. The second kappa shape index (κ2) is 9.45. The molecule has 0 aliphatic carbocycles. The summed E-state index contributed by atoms with van der Waals surface area (Å²) in [5.74, 6) is 0.798. The number of amides is 1. The molecule has 27 heavy (non-hydrogen) atoms. The summed E-state index contributed by atoms with van der Waals surface area (Å²) in [6.07, 6.45) is 1.67. The lowest BCUT2D eigenvalue weighted by atomic mass is 9.95. The van der Waals surface area contributed by atoms with E-state index in [0.717, 1.165) is 43.7 Å². The summed E-state index contributed by atoms with van der Waals surface area (Å²) in [4.78, 5) is 15.0. The monoisotopic (exact) mass is 406 g/mol. The van der Waals surface area contributed by atoms with Gasteiger partial charge in [0.25, 0.3) is 0 Å². The van der Waals surface area contributed by atoms with E-state index < -0.39 is 0 Å². The Labute approximate surface area is 170 Å². The van der Waals surface area contributed by atoms with Crippen molar-refractivity contribution in [2.24, 2.45) is 5.92 Å². The number of hydrogen-bond acceptors (Lipinski definition) is 3. The number of carbonyl (C=O) groups is 1. The van der Waals surface area contributed by atoms with Crippen molar-refractivity contribution in [2.45, 2.75) is 26.3 Å². The fourth-order valence-electron chi connectivity index (χ4n) is 3.34. The third-order valence-corrected chi connectivity index (χ3v) is 5.53. The first-order chi connectivity index (χ1) is 13.1. The third kappa shape index (κ3) is 5.38. The SMILES string of the molecule is CCOc1ccccc1NC(=O)C1CCN(Cc2ccc(Cl)c(Cl)c2)CC1. The van der Waals surface area contributed by atoms with Crippen LogP contribution in [0.15, 0.2) is 42.5 Å². The van der Waals surface area contributed by atoms with Crippen molar-refractivity contribution in [3.8, 4) is 5.75 Å². The van der Waals surface area contributed by atoms with Crippen molar-refractivity contribution in [3.63, 3.8) is 0 Å². The van der Waals surface area contributed by atoms with E-state index in [1.807, 2.05) is 49.4 Å². The number of hydrogen-bond donors (Lipinski definition) is 1. The van der Waals surface area contributed by atoms with Crippen LogP contribution in [0, 0.1) is 5.92 Å². The highest BCUT2D eigenvalue weighted by molar-refractivity contribution is 6.42. The lowest BCUT2D eigenvalue weighted by Crippen LogP contribution is -2.37. The minimum absolute atomic E-state index is 0.0183. The van der Waals surface area contributed by atoms with Crippen LogP contribution >= 0.6 is 23.2 Å². The van der Waals surface area contributed by atoms with Crippen LogP contribution in [0.25, 0.3) is 0 Å². The van der Waals surface area contributed by atoms with Crippen LogP contribution in [0.5, 0.6) is 5.75 Å². The van der Waals surface area contributed by atoms with Gasteiger partial charge in [0.1, 0.15) is 5.75 Å². The van der Waals surface area contributed by atoms with Gasteiger partial charge in [0, 0.05) is 12.5 Å². The zero-order chi connectivity index (χ0) is 19.2. The molecule has 1 N–H and O–H groups in total. The molecule has 0 atom stereocenters. The molecular weight excluding hydrogens is 383 g/mol. The van der Waals surface area contributed by atoms with Crippen LogP contribution in [-0.2, 0) is 11.3 Å². The summed E-state index contributed by atoms with van der Waals surface area (Å²) in [5.41, 5.74) is 1.88. The maximum absolute atomic E-state index is 12.7. The molecule has 144 valence electrons. The van der Waals surface area contributed by atoms with Crippen molar-refractivity contribution in [1.29, 1.82) is 0 Å². The molecule has 1 aliphatic heterocycles. The Balaban J connectivity index is 1.52. The molecule has 1 saturated heterocycles. The highest BCUT2D eigenvalue weighted by Crippen LogP contribution is 2.27. The molecule has 1 fully saturated rings. The fourth-order valence-corrected chi connectivity index (χ4v) is 3.66. The van der Waals surface area contributed by atoms with Gasteiger partial charge in [-0.15, -0.1) is 0 Å². The van der Waals surface area contributed by atoms with Gasteiger partial charge >= 0.3 is 0 Å². The zero-order valence-corrected chi connectivity index (χ0v) is 16.9. The summed E-state index contributed by atoms with van der Waals surface area (Å²) >= 11 is 12.1. The van der Waals surface area contributed by atoms with Crippen molar-refractivity contribution in [2.75, 3.05) is 25.0 Å². The molecule has 1 amide bonds. The minimum Gasteiger partial charge on any atom is -0.492 e. The Hall–Kier alpha value is -1.75. The van der Waals surface area contributed by atoms with E-state index >= 15 is 0 Å². The number of piperidine rings is 1. The number of anilines is 1. The number of ether oxygens (including phenoxy) is 1. The molecule has 0 unspecified atom stereocenters. The van der Waals surface area contributed by atoms with Gasteiger partial charge in [0.15, 0.2) is 0 Å². The predicted octanol–water partition coefficient (Wildman–Crippen LogP) is 5.24. The number of likely N-dealkylation sites (tertiary alicyclic amines) is 1. The molecular formula is C21H24Cl2N2O2. The van der Waals surface area contributed by atoms with E-state index in [0.29, 0.717) is 22.4 Å². The number of rotatable bonds is 6. The Morgan fingerprint density at radius 3 is 2.59 bits per heavy atom. The van der Waals surface area contributed by atoms with E-state index in [-0.39, 0.29) is 11.8 Å². The standard InChI is InChI=1S/C21H24Cl2N2O2/c1-2-27-20-6-4-3-5-19(20)24-21(26)16-9-11-25(12-10-16)14-15-7-8-17(22)18(23)13-15/h3-8,13,16H,2,9-12,14H2,1H3,(H,24,26). The minimum atomic E-state index is 0.0183. The quantitative estimate of drug-likeness (QED) is 0.712. The smallest absolute Gasteiger partial charge is 0.227 e. The first-order valence-corrected chi connectivity index (χ1v) is 10.0. The van der Waals surface area contributed by atoms with Gasteiger partial charge in [-0.05, 0) is 62.7 Å². The molecule has 3 rings (SSSR count). The van der Waals surface area contributed by atoms with Crippen LogP contribution in [-0.4, -0.2) is 30.5 Å². The predicted molar refractivity (Wildman–Crippen MR) is 111 cm³/mol. The Morgan fingerprint density at radius 2 is 1.89 bits per heavy atom. The first-order valence-electron chi connectivity index (χ1n) is 9.25. The van der Waals surface area contributed by atoms with Crippen molar-refractivity contribution < 1.29 is 9.53 Å². The molecule has 1 heterocycles. The fraction of sp³-hybridized carbons (Fsp3) is 0.381. The van der Waals surface area contributed by atoms with Gasteiger partial charge in [-0.3, -0.25) is 9.69 Å². The molecule has 0 spiro atoms. The second-order valence-corrected chi connectivity index (χ2v) is 7.53. The summed E-state index contributed by atoms with van der Waals surface area (Å²) in [6, 6.07) is 13.3. The van der Waals surface area contributed by atoms with Gasteiger partial charge in [-0.2, -0.15) is 0 Å². The zero-order valence-electron chi connectivity index (χ0n) is 15.4. The largest absolute Gasteiger partial charge is 0.492 e. The van der Waals surface area contributed by atoms with Crippen molar-refractivity contribution in [1.82, 2.24) is 4.90 Å². The lowest BCUT2D eigenvalue weighted by molar-refractivity contribution is -0.121. The number of carbonyl (C=O) groups excluding carboxylic acids is 1. The van der Waals surface area contributed by atoms with Crippen LogP contribution in [0.3, 0.4) is 0 Å². The number of halogens is 2. The van der Waals surface area contributed by atoms with Gasteiger partial charge in [0.2, 0.25) is 5.91 Å². The van der Waals surface area contributed by atoms with Crippen LogP contribution in [0.1, 0.15) is 25.3 Å². The van der Waals surface area contributed by atoms with Gasteiger partial charge in [-0.1, -0.05) is 41.4 Å². The molecule has 0 aromatic heterocycles. The Morgan fingerprint density at radius 1 is 1.15 bits per heavy atom. The van der Waals surface area contributed by atoms with Crippen LogP contribution < -0.4 is 10.1 Å². The average molecular weight is 407 g/mol. The van der Waals surface area contributed by atoms with Crippen molar-refractivity contribution in [3.05, 3.63) is 58.1 Å². The number of nitrogens with one attached hydrogen (secondary N) is 1. The van der Waals surface area contributed by atoms with Gasteiger partial charge in [-0.25, -0.2) is 0 Å². The second-order valence-electron chi connectivity index (χ2n) is 6.72. The molecule has 0 saturated carbocycles. The highest BCUT2D eigenvalue weighted by atomic mass is 35.5. The van der Waals surface area contributed by atoms with E-state index in [1.165, 1.54) is 0 Å². The molecule has 2 aromatic rings. The summed E-state index contributed by atoms with van der Waals surface area (Å²) in [7, 11) is 0. The summed E-state index contributed by atoms with van der Waals surface area (Å²) < 4.78 is 5.58. The molecule has 1 aliphatic rings. The summed E-state index contributed by atoms with van der Waals surface area (Å²) in [6.45, 7) is 5.08. The van der Waals surface area contributed by atoms with E-state index in [2.05, 4.69) is 10.2 Å². The van der Waals surface area contributed by atoms with Crippen LogP contribution in [0.4, 0.5) is 5.69 Å². The lowest BCUT2D eigenvalue weighted by Gasteiger charge is -2.31. The highest BCUT2D eigenvalue weighted by Gasteiger charge is 2.25. The number of benzene rings is 2. The van der Waals surface area contributed by atoms with Crippen LogP contribution in [0.2, 0.25) is 10.0 Å². The molecule has 4 nitrogen and oxygen atoms in total. The molecule has 0 radical (unpaired) electrons. The average Bonchev–Trinajstić information content (AvgIpc) is 2.67. The Kier molecular flexibility index (Phi) is 7.00. The van der Waals surface area contributed by atoms with Gasteiger partial charge in [0.05, 0.1) is 22.3 Å². The third-order valence-electron chi connectivity index (χ3n) is 4.79. The first kappa shape index (κ1) is 20.0. The maximum atomic E-state index is 12.7. The molecule has 2 aromatic carbocycles. The number of nitrogens with zero attached hydrogens (tertiary/aromatic N) is 1.